The van der Waals surface area contributed by atoms with Gasteiger partial charge in [-0.3, -0.25) is 4.79 Å². The maximum absolute atomic E-state index is 13.2. The van der Waals surface area contributed by atoms with Gasteiger partial charge in [0.25, 0.3) is 0 Å². The van der Waals surface area contributed by atoms with Crippen LogP contribution in [0.15, 0.2) is 103 Å². The predicted molar refractivity (Wildman–Crippen MR) is 112 cm³/mol. The standard InChI is InChI=1S/C23H20N2OS/c1-2-15-24-23(27)21(25-16-7-4-8-17-25)22(26)20-13-11-19(12-14-20)18-9-5-3-6-10-18/h2-14,16-17,21H,1,15H2. The van der Waals surface area contributed by atoms with Crippen LogP contribution in [0.3, 0.4) is 0 Å². The zero-order valence-corrected chi connectivity index (χ0v) is 15.7. The molecule has 0 bridgehead atoms. The Morgan fingerprint density at radius 2 is 1.56 bits per heavy atom. The van der Waals surface area contributed by atoms with Gasteiger partial charge in [-0.05, 0) is 16.2 Å². The summed E-state index contributed by atoms with van der Waals surface area (Å²) >= 11 is 5.45. The van der Waals surface area contributed by atoms with E-state index in [-0.39, 0.29) is 5.78 Å². The van der Waals surface area contributed by atoms with Crippen molar-refractivity contribution in [3.8, 4) is 11.1 Å². The summed E-state index contributed by atoms with van der Waals surface area (Å²) < 4.78 is 1.79. The molecule has 2 aromatic carbocycles. The lowest BCUT2D eigenvalue weighted by molar-refractivity contribution is -0.691. The highest BCUT2D eigenvalue weighted by Crippen LogP contribution is 2.21. The Bertz CT molecular complexity index is 935. The average Bonchev–Trinajstić information content (AvgIpc) is 2.74. The minimum atomic E-state index is -0.649. The van der Waals surface area contributed by atoms with Gasteiger partial charge in [0.1, 0.15) is 0 Å². The van der Waals surface area contributed by atoms with Crippen molar-refractivity contribution in [3.63, 3.8) is 0 Å². The van der Waals surface area contributed by atoms with Crippen molar-refractivity contribution < 1.29 is 9.36 Å². The number of Topliss-reactive ketones (excluding diaryl/α,β-unsaturated/α-hetero) is 1. The molecular weight excluding hydrogens is 352 g/mol. The van der Waals surface area contributed by atoms with Crippen LogP contribution in [-0.4, -0.2) is 17.4 Å². The molecule has 0 saturated heterocycles. The number of hydrogen-bond donors (Lipinski definition) is 0. The Morgan fingerprint density at radius 1 is 0.963 bits per heavy atom. The summed E-state index contributed by atoms with van der Waals surface area (Å²) in [5.74, 6) is -0.0800. The summed E-state index contributed by atoms with van der Waals surface area (Å²) in [6.45, 7) is 4.05. The normalized spacial score (nSPS) is 12.4. The summed E-state index contributed by atoms with van der Waals surface area (Å²) in [4.78, 5) is 17.5. The van der Waals surface area contributed by atoms with Crippen molar-refractivity contribution >= 4 is 23.5 Å². The summed E-state index contributed by atoms with van der Waals surface area (Å²) in [7, 11) is 0. The smallest absolute Gasteiger partial charge is 0.237 e. The van der Waals surface area contributed by atoms with E-state index < -0.39 is 6.04 Å². The van der Waals surface area contributed by atoms with Gasteiger partial charge < -0.3 is 17.6 Å². The van der Waals surface area contributed by atoms with Gasteiger partial charge in [-0.2, -0.15) is 4.57 Å². The number of carbonyl (C=O) groups is 1. The van der Waals surface area contributed by atoms with Gasteiger partial charge in [0.15, 0.2) is 12.4 Å². The second-order valence-corrected chi connectivity index (χ2v) is 6.42. The Balaban J connectivity index is 1.93. The van der Waals surface area contributed by atoms with E-state index in [9.17, 15) is 4.79 Å². The minimum Gasteiger partial charge on any atom is -0.758 e. The van der Waals surface area contributed by atoms with E-state index in [1.807, 2.05) is 85.2 Å². The Kier molecular flexibility index (Phi) is 6.23. The van der Waals surface area contributed by atoms with E-state index in [1.165, 1.54) is 0 Å². The second-order valence-electron chi connectivity index (χ2n) is 6.00. The molecule has 0 aliphatic carbocycles. The predicted octanol–water partition coefficient (Wildman–Crippen LogP) is 4.20. The summed E-state index contributed by atoms with van der Waals surface area (Å²) in [5.41, 5.74) is 2.78. The van der Waals surface area contributed by atoms with Gasteiger partial charge in [0.05, 0.1) is 6.54 Å². The molecule has 1 heterocycles. The molecule has 27 heavy (non-hydrogen) atoms. The molecule has 0 saturated carbocycles. The molecule has 134 valence electrons. The number of aromatic nitrogens is 1. The molecular formula is C23H20N2OS. The molecule has 3 rings (SSSR count). The fourth-order valence-corrected chi connectivity index (χ4v) is 3.12. The van der Waals surface area contributed by atoms with Crippen molar-refractivity contribution in [2.24, 2.45) is 4.99 Å². The quantitative estimate of drug-likeness (QED) is 0.156. The largest absolute Gasteiger partial charge is 0.758 e. The van der Waals surface area contributed by atoms with Gasteiger partial charge in [-0.1, -0.05) is 66.7 Å². The lowest BCUT2D eigenvalue weighted by Crippen LogP contribution is -2.47. The fourth-order valence-electron chi connectivity index (χ4n) is 2.82. The van der Waals surface area contributed by atoms with Crippen LogP contribution in [0.4, 0.5) is 0 Å². The van der Waals surface area contributed by atoms with Crippen molar-refractivity contribution in [2.75, 3.05) is 6.54 Å². The Hall–Kier alpha value is -3.11. The molecule has 0 N–H and O–H groups in total. The maximum atomic E-state index is 13.2. The lowest BCUT2D eigenvalue weighted by atomic mass is 9.99. The van der Waals surface area contributed by atoms with Crippen molar-refractivity contribution in [1.29, 1.82) is 0 Å². The van der Waals surface area contributed by atoms with Crippen LogP contribution in [0.2, 0.25) is 0 Å². The van der Waals surface area contributed by atoms with Gasteiger partial charge in [0.2, 0.25) is 11.8 Å². The number of hydrogen-bond acceptors (Lipinski definition) is 3. The van der Waals surface area contributed by atoms with E-state index in [4.69, 9.17) is 12.6 Å². The molecule has 1 unspecified atom stereocenters. The van der Waals surface area contributed by atoms with Crippen molar-refractivity contribution in [1.82, 2.24) is 0 Å². The second kappa shape index (κ2) is 9.01. The number of pyridine rings is 1. The first-order chi connectivity index (χ1) is 13.2. The third-order valence-corrected chi connectivity index (χ3v) is 4.52. The van der Waals surface area contributed by atoms with Gasteiger partial charge in [-0.25, -0.2) is 0 Å². The summed E-state index contributed by atoms with van der Waals surface area (Å²) in [6, 6.07) is 22.7. The molecule has 1 aromatic heterocycles. The van der Waals surface area contributed by atoms with Gasteiger partial charge in [-0.15, -0.1) is 6.58 Å². The van der Waals surface area contributed by atoms with E-state index >= 15 is 0 Å². The highest BCUT2D eigenvalue weighted by Gasteiger charge is 2.27. The van der Waals surface area contributed by atoms with Gasteiger partial charge in [0, 0.05) is 17.7 Å². The molecule has 1 atom stereocenters. The van der Waals surface area contributed by atoms with E-state index in [0.717, 1.165) is 11.1 Å². The molecule has 0 aliphatic heterocycles. The third kappa shape index (κ3) is 4.54. The Morgan fingerprint density at radius 3 is 2.19 bits per heavy atom. The van der Waals surface area contributed by atoms with E-state index in [2.05, 4.69) is 11.6 Å². The Labute approximate surface area is 165 Å². The summed E-state index contributed by atoms with van der Waals surface area (Å²) in [6.07, 6.45) is 5.32. The molecule has 0 aliphatic rings. The van der Waals surface area contributed by atoms with E-state index in [0.29, 0.717) is 17.2 Å². The molecule has 0 radical (unpaired) electrons. The topological polar surface area (TPSA) is 33.3 Å². The average molecular weight is 372 g/mol. The lowest BCUT2D eigenvalue weighted by Gasteiger charge is -2.18. The first-order valence-corrected chi connectivity index (χ1v) is 9.09. The van der Waals surface area contributed by atoms with Crippen LogP contribution in [0.1, 0.15) is 16.4 Å². The first kappa shape index (κ1) is 18.7. The van der Waals surface area contributed by atoms with Crippen LogP contribution in [0.25, 0.3) is 11.1 Å². The number of carbonyl (C=O) groups excluding carboxylic acids is 1. The molecule has 0 amide bonds. The van der Waals surface area contributed by atoms with Crippen LogP contribution in [0.5, 0.6) is 0 Å². The van der Waals surface area contributed by atoms with Crippen LogP contribution in [-0.2, 0) is 12.6 Å². The highest BCUT2D eigenvalue weighted by atomic mass is 32.1. The highest BCUT2D eigenvalue weighted by molar-refractivity contribution is 7.77. The fraction of sp³-hybridized carbons (Fsp3) is 0.0870. The number of ketones is 1. The van der Waals surface area contributed by atoms with E-state index in [1.54, 1.807) is 10.6 Å². The molecule has 0 spiro atoms. The zero-order valence-electron chi connectivity index (χ0n) is 14.9. The van der Waals surface area contributed by atoms with Crippen LogP contribution >= 0.6 is 0 Å². The zero-order chi connectivity index (χ0) is 19.1. The third-order valence-electron chi connectivity index (χ3n) is 4.17. The number of nitrogens with zero attached hydrogens (tertiary/aromatic N) is 2. The molecule has 0 fully saturated rings. The maximum Gasteiger partial charge on any atom is 0.237 e. The summed E-state index contributed by atoms with van der Waals surface area (Å²) in [5, 5.41) is 0.350. The van der Waals surface area contributed by atoms with Crippen molar-refractivity contribution in [2.45, 2.75) is 6.04 Å². The van der Waals surface area contributed by atoms with Crippen LogP contribution in [0, 0.1) is 0 Å². The van der Waals surface area contributed by atoms with Crippen molar-refractivity contribution in [3.05, 3.63) is 103 Å². The first-order valence-electron chi connectivity index (χ1n) is 8.68. The molecule has 3 aromatic rings. The number of rotatable bonds is 7. The SMILES string of the molecule is C=CCN=C([S-])C(C(=O)c1ccc(-c2ccccc2)cc1)[n+]1ccccc1. The monoisotopic (exact) mass is 372 g/mol. The van der Waals surface area contributed by atoms with Gasteiger partial charge >= 0.3 is 0 Å². The number of benzene rings is 2. The van der Waals surface area contributed by atoms with Crippen LogP contribution < -0.4 is 4.57 Å². The number of aliphatic imine (C=N–C) groups is 1. The minimum absolute atomic E-state index is 0.0800. The molecule has 3 nitrogen and oxygen atoms in total. The molecule has 4 heteroatoms.